The van der Waals surface area contributed by atoms with Crippen LogP contribution in [0.15, 0.2) is 110 Å². The first-order valence-corrected chi connectivity index (χ1v) is 15.4. The van der Waals surface area contributed by atoms with Gasteiger partial charge in [0.2, 0.25) is 0 Å². The number of rotatable bonds is 14. The number of hydrogen-bond acceptors (Lipinski definition) is 9. The van der Waals surface area contributed by atoms with E-state index < -0.39 is 45.9 Å². The molecule has 0 saturated carbocycles. The number of benzene rings is 2. The van der Waals surface area contributed by atoms with Gasteiger partial charge in [0, 0.05) is 23.6 Å². The summed E-state index contributed by atoms with van der Waals surface area (Å²) in [6, 6.07) is 14.6. The Labute approximate surface area is 402 Å². The van der Waals surface area contributed by atoms with Gasteiger partial charge in [-0.15, -0.1) is 6.58 Å². The molecular weight excluding hydrogens is 772 g/mol. The number of hydrogen-bond donors (Lipinski definition) is 6. The first-order valence-electron chi connectivity index (χ1n) is 13.9. The average molecular weight is 817 g/mol. The van der Waals surface area contributed by atoms with Gasteiger partial charge in [-0.1, -0.05) is 68.3 Å². The van der Waals surface area contributed by atoms with Crippen molar-refractivity contribution in [2.24, 2.45) is 0 Å². The van der Waals surface area contributed by atoms with Gasteiger partial charge in [0.05, 0.1) is 23.1 Å². The molecule has 0 aromatic heterocycles. The number of allylic oxidation sites excluding steroid dienone is 1. The van der Waals surface area contributed by atoms with Crippen molar-refractivity contribution in [2.45, 2.75) is 32.6 Å². The molecule has 0 fully saturated rings. The minimum absolute atomic E-state index is 0. The Morgan fingerprint density at radius 2 is 1.19 bits per heavy atom. The predicted molar refractivity (Wildman–Crippen MR) is 213 cm³/mol. The van der Waals surface area contributed by atoms with Gasteiger partial charge in [-0.2, -0.15) is 8.42 Å². The molecule has 0 spiro atoms. The van der Waals surface area contributed by atoms with Gasteiger partial charge >= 0.3 is 154 Å². The van der Waals surface area contributed by atoms with Crippen molar-refractivity contribution in [3.8, 4) is 0 Å². The molecule has 2 aromatic rings. The molecule has 6 N–H and O–H groups in total. The summed E-state index contributed by atoms with van der Waals surface area (Å²) >= 11 is 0. The zero-order chi connectivity index (χ0) is 39.3. The van der Waals surface area contributed by atoms with Crippen LogP contribution >= 0.6 is 0 Å². The van der Waals surface area contributed by atoms with E-state index >= 15 is 0 Å². The van der Waals surface area contributed by atoms with Crippen LogP contribution in [0.2, 0.25) is 0 Å². The molecule has 2 aromatic carbocycles. The molecule has 0 aliphatic heterocycles. The van der Waals surface area contributed by atoms with E-state index in [0.717, 1.165) is 17.0 Å². The summed E-state index contributed by atoms with van der Waals surface area (Å²) in [7, 11) is -4.00. The monoisotopic (exact) mass is 816 g/mol. The van der Waals surface area contributed by atoms with Crippen LogP contribution in [-0.2, 0) is 34.0 Å². The quantitative estimate of drug-likeness (QED) is 0.0400. The second kappa shape index (κ2) is 40.5. The average Bonchev–Trinajstić information content (AvgIpc) is 3.05. The van der Waals surface area contributed by atoms with E-state index in [9.17, 15) is 37.2 Å². The van der Waals surface area contributed by atoms with Gasteiger partial charge < -0.3 is 30.3 Å². The van der Waals surface area contributed by atoms with Crippen molar-refractivity contribution in [3.05, 3.63) is 126 Å². The van der Waals surface area contributed by atoms with Gasteiger partial charge in [0.15, 0.2) is 0 Å². The maximum atomic E-state index is 11.7. The van der Waals surface area contributed by atoms with E-state index in [0.29, 0.717) is 12.8 Å². The second-order valence-corrected chi connectivity index (χ2v) is 10.4. The molecule has 0 aliphatic carbocycles. The van der Waals surface area contributed by atoms with Gasteiger partial charge in [0.1, 0.15) is 0 Å². The maximum absolute atomic E-state index is 11.7. The van der Waals surface area contributed by atoms with Gasteiger partial charge in [-0.05, 0) is 50.0 Å². The molecule has 0 unspecified atom stereocenters. The molecule has 54 heavy (non-hydrogen) atoms. The SMILES string of the molecule is C=C(C)C(=O)O.C=C(CCCOC(=O)c1ccccc1C(=O)O)C(=O)O.C=CC(=O)O.C=CCCC(=O)O.O=S(=O)(O)C=Cc1ccccc1.[NaH].[NaH].[NaH].[NaH]. The Morgan fingerprint density at radius 3 is 1.52 bits per heavy atom. The molecule has 15 nitrogen and oxygen atoms in total. The normalized spacial score (nSPS) is 8.78. The topological polar surface area (TPSA) is 267 Å². The van der Waals surface area contributed by atoms with Crippen molar-refractivity contribution in [1.29, 1.82) is 0 Å². The molecule has 280 valence electrons. The summed E-state index contributed by atoms with van der Waals surface area (Å²) in [5.41, 5.74) is 0.779. The van der Waals surface area contributed by atoms with Crippen LogP contribution < -0.4 is 0 Å². The van der Waals surface area contributed by atoms with Crippen LogP contribution in [0.25, 0.3) is 6.08 Å². The summed E-state index contributed by atoms with van der Waals surface area (Å²) in [6.45, 7) is 14.3. The number of carboxylic acids is 5. The first kappa shape index (κ1) is 66.7. The minimum atomic E-state index is -4.00. The Morgan fingerprint density at radius 1 is 0.741 bits per heavy atom. The molecule has 2 rings (SSSR count). The van der Waals surface area contributed by atoms with Crippen LogP contribution in [0.4, 0.5) is 0 Å². The third-order valence-electron chi connectivity index (χ3n) is 4.87. The fourth-order valence-electron chi connectivity index (χ4n) is 2.44. The Bertz CT molecular complexity index is 1610. The first-order chi connectivity index (χ1) is 23.2. The van der Waals surface area contributed by atoms with Crippen LogP contribution in [0.1, 0.15) is 58.9 Å². The molecule has 0 heterocycles. The second-order valence-electron chi connectivity index (χ2n) is 9.08. The molecule has 0 amide bonds. The van der Waals surface area contributed by atoms with Crippen LogP contribution in [0.5, 0.6) is 0 Å². The summed E-state index contributed by atoms with van der Waals surface area (Å²) in [4.78, 5) is 61.7. The number of carbonyl (C=O) groups excluding carboxylic acids is 1. The number of esters is 1. The molecular formula is C34H44Na4O15S. The zero-order valence-corrected chi connectivity index (χ0v) is 28.0. The van der Waals surface area contributed by atoms with E-state index in [1.54, 1.807) is 30.3 Å². The number of carboxylic acid groups (broad SMARTS) is 5. The van der Waals surface area contributed by atoms with E-state index in [4.69, 9.17) is 34.8 Å². The number of ether oxygens (including phenoxy) is 1. The number of aromatic carboxylic acids is 1. The Hall–Kier alpha value is -2.13. The fourth-order valence-corrected chi connectivity index (χ4v) is 2.77. The van der Waals surface area contributed by atoms with Gasteiger partial charge in [0.25, 0.3) is 10.1 Å². The molecule has 0 bridgehead atoms. The van der Waals surface area contributed by atoms with E-state index in [2.05, 4.69) is 26.3 Å². The molecule has 0 radical (unpaired) electrons. The van der Waals surface area contributed by atoms with Crippen LogP contribution in [0.3, 0.4) is 0 Å². The van der Waals surface area contributed by atoms with E-state index in [-0.39, 0.29) is 160 Å². The number of carbonyl (C=O) groups is 6. The third kappa shape index (κ3) is 44.3. The van der Waals surface area contributed by atoms with Crippen LogP contribution in [-0.4, -0.2) is 199 Å². The summed E-state index contributed by atoms with van der Waals surface area (Å²) in [6.07, 6.45) is 5.03. The predicted octanol–water partition coefficient (Wildman–Crippen LogP) is 2.86. The van der Waals surface area contributed by atoms with Crippen molar-refractivity contribution < 1.29 is 72.0 Å². The Balaban J connectivity index is -0.000000112. The van der Waals surface area contributed by atoms with E-state index in [1.165, 1.54) is 37.3 Å². The Kier molecular flexibility index (Phi) is 50.0. The van der Waals surface area contributed by atoms with Crippen molar-refractivity contribution >= 4 is 170 Å². The van der Waals surface area contributed by atoms with E-state index in [1.807, 2.05) is 6.07 Å². The molecule has 0 saturated heterocycles. The standard InChI is InChI=1S/C14H14O6.C8H8O3S.C5H8O2.C4H6O2.C3H4O2.4Na.4H/c1-9(12(15)16)5-4-8-20-14(19)11-7-3-2-6-10(11)13(17)18;9-12(10,11)7-6-8-4-2-1-3-5-8;1-2-3-4-5(6)7;1-3(2)4(5)6;1-2-3(4)5;;;;;;;;/h2-3,6-7H,1,4-5,8H2,(H,15,16)(H,17,18);1-7H,(H,9,10,11);2H,1,3-4H2,(H,6,7);1H2,2H3,(H,5,6);2H,1H2,(H,4,5);;;;;;;;. The molecule has 0 atom stereocenters. The van der Waals surface area contributed by atoms with Crippen molar-refractivity contribution in [3.63, 3.8) is 0 Å². The summed E-state index contributed by atoms with van der Waals surface area (Å²) < 4.78 is 33.8. The van der Waals surface area contributed by atoms with Crippen molar-refractivity contribution in [2.75, 3.05) is 6.61 Å². The van der Waals surface area contributed by atoms with Crippen LogP contribution in [0, 0.1) is 0 Å². The zero-order valence-electron chi connectivity index (χ0n) is 27.1. The fraction of sp³-hybridized carbons (Fsp3) is 0.176. The van der Waals surface area contributed by atoms with Gasteiger partial charge in [-0.3, -0.25) is 9.35 Å². The third-order valence-corrected chi connectivity index (χ3v) is 5.35. The van der Waals surface area contributed by atoms with Crippen molar-refractivity contribution in [1.82, 2.24) is 0 Å². The van der Waals surface area contributed by atoms with Gasteiger partial charge in [-0.25, -0.2) is 24.0 Å². The molecule has 0 aliphatic rings. The summed E-state index contributed by atoms with van der Waals surface area (Å²) in [5, 5.41) is 41.8. The summed E-state index contributed by atoms with van der Waals surface area (Å²) in [5.74, 6) is -5.73. The molecule has 20 heteroatoms. The number of aliphatic carboxylic acids is 4.